The number of hydrogen-bond acceptors (Lipinski definition) is 4. The maximum atomic E-state index is 12.7. The van der Waals surface area contributed by atoms with E-state index in [9.17, 15) is 4.79 Å². The average Bonchev–Trinajstić information content (AvgIpc) is 2.92. The maximum Gasteiger partial charge on any atom is 0.226 e. The zero-order chi connectivity index (χ0) is 15.3. The molecule has 0 fully saturated rings. The summed E-state index contributed by atoms with van der Waals surface area (Å²) in [6.07, 6.45) is 2.99. The van der Waals surface area contributed by atoms with Crippen LogP contribution in [-0.2, 0) is 4.79 Å². The quantitative estimate of drug-likeness (QED) is 0.849. The predicted octanol–water partition coefficient (Wildman–Crippen LogP) is 3.31. The van der Waals surface area contributed by atoms with Crippen molar-refractivity contribution in [2.24, 2.45) is 5.92 Å². The molecule has 0 unspecified atom stereocenters. The van der Waals surface area contributed by atoms with E-state index in [1.807, 2.05) is 24.3 Å². The number of aromatic nitrogens is 3. The van der Waals surface area contributed by atoms with Crippen molar-refractivity contribution in [1.29, 1.82) is 0 Å². The van der Waals surface area contributed by atoms with Gasteiger partial charge in [-0.2, -0.15) is 10.1 Å². The van der Waals surface area contributed by atoms with Gasteiger partial charge in [-0.15, -0.1) is 0 Å². The summed E-state index contributed by atoms with van der Waals surface area (Å²) >= 11 is 3.51. The maximum absolute atomic E-state index is 12.7. The summed E-state index contributed by atoms with van der Waals surface area (Å²) in [6, 6.07) is 7.83. The molecule has 2 atom stereocenters. The molecule has 0 saturated carbocycles. The SMILES string of the molecule is C[C@H]1CC(=O)C2=C(C1)Nc1ncnn1[C@@H]2c1cccc(Br)c1. The number of nitrogens with zero attached hydrogens (tertiary/aromatic N) is 3. The Labute approximate surface area is 136 Å². The molecule has 0 amide bonds. The van der Waals surface area contributed by atoms with Gasteiger partial charge < -0.3 is 5.32 Å². The third-order valence-corrected chi connectivity index (χ3v) is 4.72. The number of halogens is 1. The van der Waals surface area contributed by atoms with Crippen molar-refractivity contribution in [2.75, 3.05) is 5.32 Å². The fourth-order valence-corrected chi connectivity index (χ4v) is 3.75. The minimum atomic E-state index is -0.203. The van der Waals surface area contributed by atoms with E-state index in [0.717, 1.165) is 27.7 Å². The first kappa shape index (κ1) is 13.7. The normalized spacial score (nSPS) is 23.8. The van der Waals surface area contributed by atoms with Crippen LogP contribution >= 0.6 is 15.9 Å². The molecule has 1 aliphatic carbocycles. The predicted molar refractivity (Wildman–Crippen MR) is 86.4 cm³/mol. The lowest BCUT2D eigenvalue weighted by molar-refractivity contribution is -0.117. The number of hydrogen-bond donors (Lipinski definition) is 1. The van der Waals surface area contributed by atoms with Crippen molar-refractivity contribution >= 4 is 27.7 Å². The van der Waals surface area contributed by atoms with Crippen LogP contribution in [0.3, 0.4) is 0 Å². The van der Waals surface area contributed by atoms with Gasteiger partial charge in [0.1, 0.15) is 12.4 Å². The Hall–Kier alpha value is -1.95. The number of nitrogens with one attached hydrogen (secondary N) is 1. The fourth-order valence-electron chi connectivity index (χ4n) is 3.33. The number of carbonyl (C=O) groups is 1. The molecule has 2 heterocycles. The van der Waals surface area contributed by atoms with Crippen molar-refractivity contribution in [3.05, 3.63) is 51.9 Å². The molecule has 22 heavy (non-hydrogen) atoms. The van der Waals surface area contributed by atoms with Crippen molar-refractivity contribution < 1.29 is 4.79 Å². The van der Waals surface area contributed by atoms with Crippen LogP contribution in [0.25, 0.3) is 0 Å². The third-order valence-electron chi connectivity index (χ3n) is 4.23. The Morgan fingerprint density at radius 3 is 3.05 bits per heavy atom. The van der Waals surface area contributed by atoms with E-state index in [1.165, 1.54) is 6.33 Å². The summed E-state index contributed by atoms with van der Waals surface area (Å²) < 4.78 is 2.79. The van der Waals surface area contributed by atoms with Gasteiger partial charge in [-0.3, -0.25) is 4.79 Å². The Kier molecular flexibility index (Phi) is 3.14. The highest BCUT2D eigenvalue weighted by Gasteiger charge is 2.37. The van der Waals surface area contributed by atoms with E-state index >= 15 is 0 Å². The van der Waals surface area contributed by atoms with Gasteiger partial charge in [0.25, 0.3) is 0 Å². The number of rotatable bonds is 1. The van der Waals surface area contributed by atoms with Gasteiger partial charge in [-0.05, 0) is 30.0 Å². The second-order valence-corrected chi connectivity index (χ2v) is 6.86. The van der Waals surface area contributed by atoms with Crippen molar-refractivity contribution in [2.45, 2.75) is 25.8 Å². The lowest BCUT2D eigenvalue weighted by atomic mass is 9.81. The first-order valence-electron chi connectivity index (χ1n) is 7.31. The molecule has 112 valence electrons. The van der Waals surface area contributed by atoms with Crippen LogP contribution in [0.4, 0.5) is 5.95 Å². The number of ketones is 1. The van der Waals surface area contributed by atoms with Gasteiger partial charge in [0.15, 0.2) is 5.78 Å². The van der Waals surface area contributed by atoms with Gasteiger partial charge in [0.05, 0.1) is 0 Å². The molecule has 1 aliphatic heterocycles. The molecule has 0 bridgehead atoms. The second-order valence-electron chi connectivity index (χ2n) is 5.94. The molecule has 6 heteroatoms. The largest absolute Gasteiger partial charge is 0.328 e. The number of carbonyl (C=O) groups excluding carboxylic acids is 1. The highest BCUT2D eigenvalue weighted by molar-refractivity contribution is 9.10. The van der Waals surface area contributed by atoms with Gasteiger partial charge in [0.2, 0.25) is 5.95 Å². The third kappa shape index (κ3) is 2.09. The summed E-state index contributed by atoms with van der Waals surface area (Å²) in [6.45, 7) is 2.11. The molecule has 1 N–H and O–H groups in total. The summed E-state index contributed by atoms with van der Waals surface area (Å²) in [5.74, 6) is 1.26. The van der Waals surface area contributed by atoms with Crippen LogP contribution in [-0.4, -0.2) is 20.5 Å². The van der Waals surface area contributed by atoms with Gasteiger partial charge in [-0.25, -0.2) is 4.68 Å². The van der Waals surface area contributed by atoms with E-state index in [1.54, 1.807) is 4.68 Å². The number of fused-ring (bicyclic) bond motifs is 1. The molecule has 0 spiro atoms. The van der Waals surface area contributed by atoms with Crippen LogP contribution in [0.5, 0.6) is 0 Å². The monoisotopic (exact) mass is 358 g/mol. The lowest BCUT2D eigenvalue weighted by Gasteiger charge is -2.34. The molecule has 2 aromatic rings. The molecular formula is C16H15BrN4O. The molecule has 2 aliphatic rings. The lowest BCUT2D eigenvalue weighted by Crippen LogP contribution is -2.33. The first-order chi connectivity index (χ1) is 10.6. The Morgan fingerprint density at radius 2 is 2.23 bits per heavy atom. The van der Waals surface area contributed by atoms with Gasteiger partial charge >= 0.3 is 0 Å². The van der Waals surface area contributed by atoms with Crippen LogP contribution in [0.1, 0.15) is 31.4 Å². The van der Waals surface area contributed by atoms with E-state index < -0.39 is 0 Å². The zero-order valence-corrected chi connectivity index (χ0v) is 13.7. The van der Waals surface area contributed by atoms with Gasteiger partial charge in [0, 0.05) is 22.2 Å². The van der Waals surface area contributed by atoms with E-state index in [2.05, 4.69) is 38.3 Å². The summed E-state index contributed by atoms with van der Waals surface area (Å²) in [5.41, 5.74) is 2.86. The van der Waals surface area contributed by atoms with Crippen LogP contribution < -0.4 is 5.32 Å². The second kappa shape index (κ2) is 5.05. The molecule has 1 aromatic carbocycles. The van der Waals surface area contributed by atoms with Crippen molar-refractivity contribution in [3.63, 3.8) is 0 Å². The molecule has 0 radical (unpaired) electrons. The summed E-state index contributed by atoms with van der Waals surface area (Å²) in [7, 11) is 0. The fraction of sp³-hybridized carbons (Fsp3) is 0.312. The molecule has 0 saturated heterocycles. The molecule has 1 aromatic heterocycles. The Morgan fingerprint density at radius 1 is 1.36 bits per heavy atom. The van der Waals surface area contributed by atoms with Crippen LogP contribution in [0.15, 0.2) is 46.3 Å². The van der Waals surface area contributed by atoms with E-state index in [-0.39, 0.29) is 11.8 Å². The minimum Gasteiger partial charge on any atom is -0.328 e. The minimum absolute atomic E-state index is 0.201. The number of Topliss-reactive ketones (excluding diaryl/α,β-unsaturated/α-hetero) is 1. The summed E-state index contributed by atoms with van der Waals surface area (Å²) in [4.78, 5) is 16.9. The Balaban J connectivity index is 1.92. The molecule has 4 rings (SSSR count). The van der Waals surface area contributed by atoms with Gasteiger partial charge in [-0.1, -0.05) is 35.0 Å². The van der Waals surface area contributed by atoms with Crippen LogP contribution in [0, 0.1) is 5.92 Å². The standard InChI is InChI=1S/C16H15BrN4O/c1-9-5-12-14(13(22)6-9)15(10-3-2-4-11(17)7-10)21-16(20-12)18-8-19-21/h2-4,7-9,15H,5-6H2,1H3,(H,18,19,20)/t9-,15-/m1/s1. The number of benzene rings is 1. The van der Waals surface area contributed by atoms with Crippen LogP contribution in [0.2, 0.25) is 0 Å². The van der Waals surface area contributed by atoms with E-state index in [4.69, 9.17) is 0 Å². The van der Waals surface area contributed by atoms with E-state index in [0.29, 0.717) is 18.3 Å². The van der Waals surface area contributed by atoms with Crippen molar-refractivity contribution in [3.8, 4) is 0 Å². The molecular weight excluding hydrogens is 344 g/mol. The smallest absolute Gasteiger partial charge is 0.226 e. The summed E-state index contributed by atoms with van der Waals surface area (Å²) in [5, 5.41) is 7.62. The number of anilines is 1. The molecule has 5 nitrogen and oxygen atoms in total. The van der Waals surface area contributed by atoms with Crippen molar-refractivity contribution in [1.82, 2.24) is 14.8 Å². The Bertz CT molecular complexity index is 795. The topological polar surface area (TPSA) is 59.8 Å². The number of allylic oxidation sites excluding steroid dienone is 2. The highest BCUT2D eigenvalue weighted by Crippen LogP contribution is 2.41. The highest BCUT2D eigenvalue weighted by atomic mass is 79.9. The first-order valence-corrected chi connectivity index (χ1v) is 8.11. The average molecular weight is 359 g/mol. The zero-order valence-electron chi connectivity index (χ0n) is 12.1.